The van der Waals surface area contributed by atoms with Crippen LogP contribution in [0.25, 0.3) is 0 Å². The summed E-state index contributed by atoms with van der Waals surface area (Å²) in [5, 5.41) is 3.68. The predicted octanol–water partition coefficient (Wildman–Crippen LogP) is 3.38. The summed E-state index contributed by atoms with van der Waals surface area (Å²) in [5.74, 6) is 0.999. The minimum atomic E-state index is 0.628. The first-order chi connectivity index (χ1) is 8.86. The van der Waals surface area contributed by atoms with E-state index in [1.165, 1.54) is 45.1 Å². The van der Waals surface area contributed by atoms with Crippen LogP contribution in [0.15, 0.2) is 30.3 Å². The molecule has 0 atom stereocenters. The van der Waals surface area contributed by atoms with Crippen molar-refractivity contribution >= 4 is 0 Å². The van der Waals surface area contributed by atoms with Crippen LogP contribution in [0.4, 0.5) is 0 Å². The van der Waals surface area contributed by atoms with Gasteiger partial charge in [0.05, 0.1) is 6.61 Å². The highest BCUT2D eigenvalue weighted by Gasteiger charge is 2.42. The van der Waals surface area contributed by atoms with Crippen LogP contribution < -0.4 is 10.1 Å². The van der Waals surface area contributed by atoms with E-state index in [0.717, 1.165) is 18.4 Å². The lowest BCUT2D eigenvalue weighted by Gasteiger charge is -2.16. The van der Waals surface area contributed by atoms with Gasteiger partial charge in [0.2, 0.25) is 0 Å². The second-order valence-corrected chi connectivity index (χ2v) is 5.92. The van der Waals surface area contributed by atoms with Crippen LogP contribution in [0.5, 0.6) is 5.75 Å². The third kappa shape index (κ3) is 3.49. The average Bonchev–Trinajstić information content (AvgIpc) is 3.29. The Morgan fingerprint density at radius 1 is 1.17 bits per heavy atom. The summed E-state index contributed by atoms with van der Waals surface area (Å²) in [4.78, 5) is 0. The third-order valence-corrected chi connectivity index (χ3v) is 4.16. The van der Waals surface area contributed by atoms with E-state index in [9.17, 15) is 0 Å². The smallest absolute Gasteiger partial charge is 0.119 e. The third-order valence-electron chi connectivity index (χ3n) is 4.16. The Morgan fingerprint density at radius 3 is 2.61 bits per heavy atom. The molecule has 0 heterocycles. The molecule has 0 radical (unpaired) electrons. The van der Waals surface area contributed by atoms with Gasteiger partial charge >= 0.3 is 0 Å². The molecule has 98 valence electrons. The van der Waals surface area contributed by atoms with Crippen LogP contribution in [0, 0.1) is 5.41 Å². The number of para-hydroxylation sites is 1. The standard InChI is InChI=1S/C16H23NO/c1-2-5-15(6-3-1)18-12-4-9-16(10-11-16)13-17-14-7-8-14/h1-3,5-6,14,17H,4,7-13H2. The monoisotopic (exact) mass is 245 g/mol. The summed E-state index contributed by atoms with van der Waals surface area (Å²) in [5.41, 5.74) is 0.628. The maximum Gasteiger partial charge on any atom is 0.119 e. The Kier molecular flexibility index (Phi) is 3.55. The number of hydrogen-bond acceptors (Lipinski definition) is 2. The second-order valence-electron chi connectivity index (χ2n) is 5.92. The van der Waals surface area contributed by atoms with Crippen LogP contribution in [0.1, 0.15) is 38.5 Å². The van der Waals surface area contributed by atoms with Gasteiger partial charge in [-0.15, -0.1) is 0 Å². The van der Waals surface area contributed by atoms with Gasteiger partial charge in [-0.2, -0.15) is 0 Å². The van der Waals surface area contributed by atoms with Crippen molar-refractivity contribution in [2.75, 3.05) is 13.2 Å². The number of ether oxygens (including phenoxy) is 1. The normalized spacial score (nSPS) is 20.7. The molecule has 0 bridgehead atoms. The fraction of sp³-hybridized carbons (Fsp3) is 0.625. The quantitative estimate of drug-likeness (QED) is 0.709. The summed E-state index contributed by atoms with van der Waals surface area (Å²) < 4.78 is 5.75. The summed E-state index contributed by atoms with van der Waals surface area (Å²) in [6, 6.07) is 11.0. The maximum absolute atomic E-state index is 5.75. The molecule has 1 aromatic rings. The first kappa shape index (κ1) is 12.0. The Morgan fingerprint density at radius 2 is 1.94 bits per heavy atom. The van der Waals surface area contributed by atoms with Gasteiger partial charge in [0.15, 0.2) is 0 Å². The maximum atomic E-state index is 5.75. The van der Waals surface area contributed by atoms with E-state index in [-0.39, 0.29) is 0 Å². The largest absolute Gasteiger partial charge is 0.494 e. The highest BCUT2D eigenvalue weighted by molar-refractivity contribution is 5.20. The van der Waals surface area contributed by atoms with E-state index in [1.54, 1.807) is 0 Å². The minimum absolute atomic E-state index is 0.628. The van der Waals surface area contributed by atoms with Gasteiger partial charge < -0.3 is 10.1 Å². The molecule has 0 unspecified atom stereocenters. The number of nitrogens with one attached hydrogen (secondary N) is 1. The molecule has 0 spiro atoms. The SMILES string of the molecule is c1ccc(OCCCC2(CNC3CC3)CC2)cc1. The molecule has 2 fully saturated rings. The molecule has 2 nitrogen and oxygen atoms in total. The molecule has 1 aromatic carbocycles. The van der Waals surface area contributed by atoms with E-state index in [0.29, 0.717) is 5.41 Å². The van der Waals surface area contributed by atoms with E-state index in [2.05, 4.69) is 5.32 Å². The molecular weight excluding hydrogens is 222 g/mol. The molecule has 0 amide bonds. The van der Waals surface area contributed by atoms with Crippen molar-refractivity contribution in [3.05, 3.63) is 30.3 Å². The lowest BCUT2D eigenvalue weighted by atomic mass is 10.0. The molecule has 3 rings (SSSR count). The van der Waals surface area contributed by atoms with Gasteiger partial charge in [0.1, 0.15) is 5.75 Å². The predicted molar refractivity (Wildman–Crippen MR) is 73.9 cm³/mol. The van der Waals surface area contributed by atoms with Crippen LogP contribution in [0.2, 0.25) is 0 Å². The van der Waals surface area contributed by atoms with Crippen molar-refractivity contribution in [1.29, 1.82) is 0 Å². The topological polar surface area (TPSA) is 21.3 Å². The molecule has 0 aromatic heterocycles. The first-order valence-corrected chi connectivity index (χ1v) is 7.28. The fourth-order valence-electron chi connectivity index (χ4n) is 2.49. The fourth-order valence-corrected chi connectivity index (χ4v) is 2.49. The number of rotatable bonds is 8. The van der Waals surface area contributed by atoms with E-state index in [4.69, 9.17) is 4.74 Å². The highest BCUT2D eigenvalue weighted by atomic mass is 16.5. The number of benzene rings is 1. The zero-order valence-corrected chi connectivity index (χ0v) is 11.0. The lowest BCUT2D eigenvalue weighted by molar-refractivity contribution is 0.284. The van der Waals surface area contributed by atoms with Crippen molar-refractivity contribution in [2.45, 2.75) is 44.6 Å². The van der Waals surface area contributed by atoms with Gasteiger partial charge in [-0.3, -0.25) is 0 Å². The average molecular weight is 245 g/mol. The molecule has 2 heteroatoms. The van der Waals surface area contributed by atoms with E-state index < -0.39 is 0 Å². The molecule has 2 saturated carbocycles. The molecule has 0 aliphatic heterocycles. The molecule has 2 aliphatic carbocycles. The minimum Gasteiger partial charge on any atom is -0.494 e. The van der Waals surface area contributed by atoms with Gasteiger partial charge in [-0.25, -0.2) is 0 Å². The Balaban J connectivity index is 1.32. The molecule has 0 saturated heterocycles. The van der Waals surface area contributed by atoms with Crippen LogP contribution in [-0.2, 0) is 0 Å². The Hall–Kier alpha value is -1.02. The van der Waals surface area contributed by atoms with Crippen molar-refractivity contribution in [2.24, 2.45) is 5.41 Å². The van der Waals surface area contributed by atoms with E-state index >= 15 is 0 Å². The van der Waals surface area contributed by atoms with Crippen molar-refractivity contribution in [1.82, 2.24) is 5.32 Å². The summed E-state index contributed by atoms with van der Waals surface area (Å²) in [7, 11) is 0. The summed E-state index contributed by atoms with van der Waals surface area (Å²) >= 11 is 0. The number of hydrogen-bond donors (Lipinski definition) is 1. The molecular formula is C16H23NO. The zero-order valence-electron chi connectivity index (χ0n) is 11.0. The van der Waals surface area contributed by atoms with Crippen molar-refractivity contribution < 1.29 is 4.74 Å². The first-order valence-electron chi connectivity index (χ1n) is 7.28. The lowest BCUT2D eigenvalue weighted by Crippen LogP contribution is -2.26. The highest BCUT2D eigenvalue weighted by Crippen LogP contribution is 2.49. The van der Waals surface area contributed by atoms with Gasteiger partial charge in [0.25, 0.3) is 0 Å². The summed E-state index contributed by atoms with van der Waals surface area (Å²) in [6.07, 6.45) is 8.12. The van der Waals surface area contributed by atoms with Gasteiger partial charge in [-0.1, -0.05) is 18.2 Å². The zero-order chi connectivity index (χ0) is 12.3. The molecule has 2 aliphatic rings. The van der Waals surface area contributed by atoms with Gasteiger partial charge in [-0.05, 0) is 56.1 Å². The Labute approximate surface area is 110 Å². The van der Waals surface area contributed by atoms with Crippen LogP contribution in [0.3, 0.4) is 0 Å². The van der Waals surface area contributed by atoms with E-state index in [1.807, 2.05) is 30.3 Å². The summed E-state index contributed by atoms with van der Waals surface area (Å²) in [6.45, 7) is 2.10. The van der Waals surface area contributed by atoms with Crippen LogP contribution in [-0.4, -0.2) is 19.2 Å². The molecule has 18 heavy (non-hydrogen) atoms. The van der Waals surface area contributed by atoms with Gasteiger partial charge in [0, 0.05) is 12.6 Å². The van der Waals surface area contributed by atoms with Crippen molar-refractivity contribution in [3.8, 4) is 5.75 Å². The van der Waals surface area contributed by atoms with Crippen LogP contribution >= 0.6 is 0 Å². The Bertz CT molecular complexity index is 368. The second kappa shape index (κ2) is 5.31. The molecule has 1 N–H and O–H groups in total. The van der Waals surface area contributed by atoms with Crippen molar-refractivity contribution in [3.63, 3.8) is 0 Å².